The summed E-state index contributed by atoms with van der Waals surface area (Å²) in [6.45, 7) is 8.02. The van der Waals surface area contributed by atoms with Crippen LogP contribution in [-0.2, 0) is 9.47 Å². The van der Waals surface area contributed by atoms with E-state index in [2.05, 4.69) is 0 Å². The van der Waals surface area contributed by atoms with Crippen LogP contribution in [0.1, 0.15) is 44.5 Å². The molecule has 0 amide bonds. The van der Waals surface area contributed by atoms with Gasteiger partial charge in [-0.05, 0) is 39.8 Å². The Labute approximate surface area is 125 Å². The van der Waals surface area contributed by atoms with Gasteiger partial charge in [-0.25, -0.2) is 4.79 Å². The Balaban J connectivity index is 2.31. The highest BCUT2D eigenvalue weighted by Gasteiger charge is 2.47. The molecule has 0 saturated carbocycles. The van der Waals surface area contributed by atoms with E-state index in [1.807, 2.05) is 27.7 Å². The van der Waals surface area contributed by atoms with Gasteiger partial charge in [0.05, 0.1) is 12.7 Å². The second-order valence-electron chi connectivity index (χ2n) is 6.52. The third kappa shape index (κ3) is 3.29. The zero-order valence-electron chi connectivity index (χ0n) is 13.2. The summed E-state index contributed by atoms with van der Waals surface area (Å²) >= 11 is 0. The number of nitrogens with two attached hydrogens (primary N) is 1. The average molecular weight is 293 g/mol. The van der Waals surface area contributed by atoms with Crippen molar-refractivity contribution in [3.05, 3.63) is 23.8 Å². The minimum Gasteiger partial charge on any atom is -0.486 e. The zero-order valence-corrected chi connectivity index (χ0v) is 13.2. The molecule has 2 N–H and O–H groups in total. The first-order valence-corrected chi connectivity index (χ1v) is 6.99. The smallest absolute Gasteiger partial charge is 0.341 e. The van der Waals surface area contributed by atoms with Crippen LogP contribution in [0.5, 0.6) is 5.75 Å². The molecule has 1 atom stereocenters. The maximum Gasteiger partial charge on any atom is 0.341 e. The van der Waals surface area contributed by atoms with Gasteiger partial charge >= 0.3 is 5.97 Å². The molecule has 21 heavy (non-hydrogen) atoms. The van der Waals surface area contributed by atoms with E-state index in [-0.39, 0.29) is 11.7 Å². The van der Waals surface area contributed by atoms with Crippen LogP contribution in [0.2, 0.25) is 0 Å². The lowest BCUT2D eigenvalue weighted by atomic mass is 9.97. The molecular formula is C16H23NO4. The average Bonchev–Trinajstić information content (AvgIpc) is 2.56. The molecule has 1 aliphatic rings. The van der Waals surface area contributed by atoms with Crippen LogP contribution in [0.4, 0.5) is 5.69 Å². The lowest BCUT2D eigenvalue weighted by Crippen LogP contribution is -2.37. The van der Waals surface area contributed by atoms with Crippen LogP contribution in [0, 0.1) is 0 Å². The van der Waals surface area contributed by atoms with Crippen LogP contribution in [-0.4, -0.2) is 30.4 Å². The fourth-order valence-corrected chi connectivity index (χ4v) is 2.76. The summed E-state index contributed by atoms with van der Waals surface area (Å²) in [6.07, 6.45) is 0.563. The Morgan fingerprint density at radius 3 is 2.52 bits per heavy atom. The molecule has 0 bridgehead atoms. The van der Waals surface area contributed by atoms with Crippen molar-refractivity contribution < 1.29 is 19.0 Å². The normalized spacial score (nSPS) is 22.8. The van der Waals surface area contributed by atoms with Crippen LogP contribution in [0.3, 0.4) is 0 Å². The van der Waals surface area contributed by atoms with Crippen molar-refractivity contribution in [2.75, 3.05) is 12.8 Å². The molecule has 0 spiro atoms. The van der Waals surface area contributed by atoms with Crippen molar-refractivity contribution in [1.82, 2.24) is 0 Å². The zero-order chi connectivity index (χ0) is 15.8. The Morgan fingerprint density at radius 1 is 1.33 bits per heavy atom. The lowest BCUT2D eigenvalue weighted by Gasteiger charge is -2.28. The number of hydrogen-bond acceptors (Lipinski definition) is 5. The molecule has 1 heterocycles. The first-order chi connectivity index (χ1) is 9.64. The Bertz CT molecular complexity index is 551. The number of hydrogen-bond donors (Lipinski definition) is 1. The number of esters is 1. The minimum atomic E-state index is -0.444. The van der Waals surface area contributed by atoms with E-state index >= 15 is 0 Å². The highest BCUT2D eigenvalue weighted by Crippen LogP contribution is 2.40. The second kappa shape index (κ2) is 5.22. The van der Waals surface area contributed by atoms with E-state index in [1.54, 1.807) is 18.2 Å². The molecular weight excluding hydrogens is 270 g/mol. The third-order valence-corrected chi connectivity index (χ3v) is 3.67. The van der Waals surface area contributed by atoms with Crippen LogP contribution < -0.4 is 10.5 Å². The molecule has 0 aromatic heterocycles. The highest BCUT2D eigenvalue weighted by atomic mass is 16.6. The van der Waals surface area contributed by atoms with Gasteiger partial charge in [-0.3, -0.25) is 0 Å². The van der Waals surface area contributed by atoms with Gasteiger partial charge in [-0.2, -0.15) is 0 Å². The quantitative estimate of drug-likeness (QED) is 0.685. The van der Waals surface area contributed by atoms with E-state index in [1.165, 1.54) is 7.11 Å². The van der Waals surface area contributed by atoms with Crippen molar-refractivity contribution in [3.63, 3.8) is 0 Å². The molecule has 1 fully saturated rings. The van der Waals surface area contributed by atoms with Crippen LogP contribution >= 0.6 is 0 Å². The number of carbonyl (C=O) groups is 1. The van der Waals surface area contributed by atoms with Gasteiger partial charge in [-0.15, -0.1) is 0 Å². The summed E-state index contributed by atoms with van der Waals surface area (Å²) < 4.78 is 16.8. The van der Waals surface area contributed by atoms with Gasteiger partial charge in [0.1, 0.15) is 23.0 Å². The Hall–Kier alpha value is -1.75. The van der Waals surface area contributed by atoms with E-state index in [4.69, 9.17) is 19.9 Å². The third-order valence-electron chi connectivity index (χ3n) is 3.67. The Morgan fingerprint density at radius 2 is 2.00 bits per heavy atom. The molecule has 1 aromatic rings. The molecule has 116 valence electrons. The summed E-state index contributed by atoms with van der Waals surface area (Å²) in [7, 11) is 1.34. The molecule has 0 aliphatic carbocycles. The number of carbonyl (C=O) groups excluding carboxylic acids is 1. The molecule has 5 heteroatoms. The first-order valence-electron chi connectivity index (χ1n) is 6.99. The van der Waals surface area contributed by atoms with Crippen molar-refractivity contribution >= 4 is 11.7 Å². The first kappa shape index (κ1) is 15.6. The van der Waals surface area contributed by atoms with Gasteiger partial charge in [0, 0.05) is 18.2 Å². The lowest BCUT2D eigenvalue weighted by molar-refractivity contribution is -0.0847. The van der Waals surface area contributed by atoms with E-state index < -0.39 is 11.6 Å². The summed E-state index contributed by atoms with van der Waals surface area (Å²) in [6, 6.07) is 4.91. The summed E-state index contributed by atoms with van der Waals surface area (Å²) in [4.78, 5) is 11.8. The SMILES string of the molecule is COC(=O)c1ccc(N)cc1OC1CC(C)(C)OC1(C)C. The second-order valence-corrected chi connectivity index (χ2v) is 6.52. The van der Waals surface area contributed by atoms with Crippen LogP contribution in [0.15, 0.2) is 18.2 Å². The monoisotopic (exact) mass is 293 g/mol. The van der Waals surface area contributed by atoms with Gasteiger partial charge in [0.2, 0.25) is 0 Å². The molecule has 1 aromatic carbocycles. The predicted octanol–water partition coefficient (Wildman–Crippen LogP) is 2.78. The fourth-order valence-electron chi connectivity index (χ4n) is 2.76. The van der Waals surface area contributed by atoms with Gasteiger partial charge < -0.3 is 19.9 Å². The van der Waals surface area contributed by atoms with Gasteiger partial charge in [0.15, 0.2) is 0 Å². The van der Waals surface area contributed by atoms with E-state index in [9.17, 15) is 4.79 Å². The molecule has 5 nitrogen and oxygen atoms in total. The maximum atomic E-state index is 11.8. The summed E-state index contributed by atoms with van der Waals surface area (Å²) in [5.74, 6) is -0.0118. The van der Waals surface area contributed by atoms with Crippen molar-refractivity contribution in [3.8, 4) is 5.75 Å². The number of methoxy groups -OCH3 is 1. The van der Waals surface area contributed by atoms with Gasteiger partial charge in [0.25, 0.3) is 0 Å². The molecule has 2 rings (SSSR count). The standard InChI is InChI=1S/C16H23NO4/c1-15(2)9-13(16(3,4)21-15)20-12-8-10(17)6-7-11(12)14(18)19-5/h6-8,13H,9,17H2,1-5H3. The highest BCUT2D eigenvalue weighted by molar-refractivity contribution is 5.93. The van der Waals surface area contributed by atoms with E-state index in [0.29, 0.717) is 17.0 Å². The Kier molecular flexibility index (Phi) is 3.89. The van der Waals surface area contributed by atoms with Crippen molar-refractivity contribution in [1.29, 1.82) is 0 Å². The van der Waals surface area contributed by atoms with E-state index in [0.717, 1.165) is 6.42 Å². The molecule has 1 saturated heterocycles. The molecule has 1 aliphatic heterocycles. The van der Waals surface area contributed by atoms with Crippen molar-refractivity contribution in [2.24, 2.45) is 0 Å². The predicted molar refractivity (Wildman–Crippen MR) is 80.5 cm³/mol. The topological polar surface area (TPSA) is 70.8 Å². The molecule has 0 radical (unpaired) electrons. The summed E-state index contributed by atoms with van der Waals surface area (Å²) in [5.41, 5.74) is 6.00. The maximum absolute atomic E-state index is 11.8. The number of ether oxygens (including phenoxy) is 3. The van der Waals surface area contributed by atoms with Crippen molar-refractivity contribution in [2.45, 2.75) is 51.4 Å². The summed E-state index contributed by atoms with van der Waals surface area (Å²) in [5, 5.41) is 0. The minimum absolute atomic E-state index is 0.169. The number of anilines is 1. The number of rotatable bonds is 3. The fraction of sp³-hybridized carbons (Fsp3) is 0.562. The number of nitrogen functional groups attached to an aromatic ring is 1. The molecule has 1 unspecified atom stereocenters. The number of benzene rings is 1. The largest absolute Gasteiger partial charge is 0.486 e. The van der Waals surface area contributed by atoms with Crippen LogP contribution in [0.25, 0.3) is 0 Å². The van der Waals surface area contributed by atoms with Gasteiger partial charge in [-0.1, -0.05) is 0 Å².